The summed E-state index contributed by atoms with van der Waals surface area (Å²) in [7, 11) is 0. The van der Waals surface area contributed by atoms with E-state index in [4.69, 9.17) is 4.74 Å². The molecule has 7 heteroatoms. The third-order valence-electron chi connectivity index (χ3n) is 3.96. The van der Waals surface area contributed by atoms with Crippen molar-refractivity contribution in [1.82, 2.24) is 14.8 Å². The van der Waals surface area contributed by atoms with Gasteiger partial charge >= 0.3 is 5.97 Å². The first-order valence-electron chi connectivity index (χ1n) is 8.51. The lowest BCUT2D eigenvalue weighted by atomic mass is 10.1. The molecule has 0 bridgehead atoms. The second kappa shape index (κ2) is 8.27. The van der Waals surface area contributed by atoms with Crippen LogP contribution in [0.3, 0.4) is 0 Å². The average molecular weight is 364 g/mol. The minimum atomic E-state index is -0.443. The van der Waals surface area contributed by atoms with E-state index in [-0.39, 0.29) is 5.91 Å². The predicted molar refractivity (Wildman–Crippen MR) is 100 cm³/mol. The summed E-state index contributed by atoms with van der Waals surface area (Å²) in [6.07, 6.45) is 2.67. The highest BCUT2D eigenvalue weighted by Gasteiger charge is 2.14. The van der Waals surface area contributed by atoms with Crippen LogP contribution in [0.15, 0.2) is 61.2 Å². The van der Waals surface area contributed by atoms with E-state index < -0.39 is 12.1 Å². The first kappa shape index (κ1) is 18.3. The van der Waals surface area contributed by atoms with Crippen LogP contribution in [0.4, 0.5) is 5.69 Å². The summed E-state index contributed by atoms with van der Waals surface area (Å²) in [6, 6.07) is 14.4. The SMILES string of the molecule is CC(=O)Nc1cccc([C@H](C)OC(=O)c2ccc(Cn3cncn3)cc2)c1. The minimum absolute atomic E-state index is 0.150. The summed E-state index contributed by atoms with van der Waals surface area (Å²) in [5, 5.41) is 6.77. The first-order valence-corrected chi connectivity index (χ1v) is 8.51. The van der Waals surface area contributed by atoms with E-state index in [0.29, 0.717) is 17.8 Å². The second-order valence-electron chi connectivity index (χ2n) is 6.14. The van der Waals surface area contributed by atoms with Gasteiger partial charge in [0.05, 0.1) is 12.1 Å². The van der Waals surface area contributed by atoms with Gasteiger partial charge in [-0.15, -0.1) is 0 Å². The number of aromatic nitrogens is 3. The van der Waals surface area contributed by atoms with Crippen molar-refractivity contribution in [3.05, 3.63) is 77.9 Å². The van der Waals surface area contributed by atoms with Gasteiger partial charge in [0, 0.05) is 12.6 Å². The van der Waals surface area contributed by atoms with E-state index in [0.717, 1.165) is 11.1 Å². The Hall–Kier alpha value is -3.48. The van der Waals surface area contributed by atoms with Crippen LogP contribution in [-0.2, 0) is 16.1 Å². The second-order valence-corrected chi connectivity index (χ2v) is 6.14. The molecule has 3 aromatic rings. The zero-order valence-corrected chi connectivity index (χ0v) is 15.1. The molecule has 0 fully saturated rings. The molecule has 1 aromatic heterocycles. The van der Waals surface area contributed by atoms with Crippen molar-refractivity contribution in [2.45, 2.75) is 26.5 Å². The lowest BCUT2D eigenvalue weighted by Gasteiger charge is -2.15. The molecule has 0 aliphatic rings. The predicted octanol–water partition coefficient (Wildman–Crippen LogP) is 3.20. The number of hydrogen-bond acceptors (Lipinski definition) is 5. The fraction of sp³-hybridized carbons (Fsp3) is 0.200. The Morgan fingerprint density at radius 2 is 1.96 bits per heavy atom. The molecular formula is C20H20N4O3. The minimum Gasteiger partial charge on any atom is -0.454 e. The smallest absolute Gasteiger partial charge is 0.338 e. The Labute approximate surface area is 157 Å². The highest BCUT2D eigenvalue weighted by molar-refractivity contribution is 5.90. The Bertz CT molecular complexity index is 921. The van der Waals surface area contributed by atoms with Crippen molar-refractivity contribution in [3.63, 3.8) is 0 Å². The summed E-state index contributed by atoms with van der Waals surface area (Å²) < 4.78 is 7.25. The number of amides is 1. The fourth-order valence-electron chi connectivity index (χ4n) is 2.62. The van der Waals surface area contributed by atoms with Crippen molar-refractivity contribution in [2.75, 3.05) is 5.32 Å². The van der Waals surface area contributed by atoms with Crippen LogP contribution in [-0.4, -0.2) is 26.6 Å². The third-order valence-corrected chi connectivity index (χ3v) is 3.96. The number of esters is 1. The van der Waals surface area contributed by atoms with Crippen molar-refractivity contribution >= 4 is 17.6 Å². The fourth-order valence-corrected chi connectivity index (χ4v) is 2.62. The number of ether oxygens (including phenoxy) is 1. The molecular weight excluding hydrogens is 344 g/mol. The van der Waals surface area contributed by atoms with Gasteiger partial charge in [0.25, 0.3) is 0 Å². The van der Waals surface area contributed by atoms with Gasteiger partial charge in [0.1, 0.15) is 18.8 Å². The summed E-state index contributed by atoms with van der Waals surface area (Å²) in [6.45, 7) is 3.83. The number of benzene rings is 2. The Kier molecular flexibility index (Phi) is 5.61. The maximum Gasteiger partial charge on any atom is 0.338 e. The quantitative estimate of drug-likeness (QED) is 0.679. The van der Waals surface area contributed by atoms with Crippen molar-refractivity contribution in [2.24, 2.45) is 0 Å². The van der Waals surface area contributed by atoms with Crippen molar-refractivity contribution < 1.29 is 14.3 Å². The molecule has 0 spiro atoms. The molecule has 0 radical (unpaired) electrons. The number of carbonyl (C=O) groups excluding carboxylic acids is 2. The van der Waals surface area contributed by atoms with Crippen LogP contribution in [0.2, 0.25) is 0 Å². The van der Waals surface area contributed by atoms with Gasteiger partial charge in [-0.3, -0.25) is 4.79 Å². The molecule has 138 valence electrons. The lowest BCUT2D eigenvalue weighted by molar-refractivity contribution is -0.114. The van der Waals surface area contributed by atoms with Gasteiger partial charge in [-0.1, -0.05) is 24.3 Å². The number of hydrogen-bond donors (Lipinski definition) is 1. The Morgan fingerprint density at radius 1 is 1.19 bits per heavy atom. The van der Waals surface area contributed by atoms with E-state index in [1.807, 2.05) is 24.3 Å². The normalized spacial score (nSPS) is 11.6. The molecule has 27 heavy (non-hydrogen) atoms. The molecule has 1 amide bonds. The van der Waals surface area contributed by atoms with Gasteiger partial charge in [-0.25, -0.2) is 14.5 Å². The number of nitrogens with zero attached hydrogens (tertiary/aromatic N) is 3. The first-order chi connectivity index (χ1) is 13.0. The maximum absolute atomic E-state index is 12.4. The molecule has 0 unspecified atom stereocenters. The van der Waals surface area contributed by atoms with E-state index in [1.165, 1.54) is 13.3 Å². The van der Waals surface area contributed by atoms with Crippen molar-refractivity contribution in [3.8, 4) is 0 Å². The van der Waals surface area contributed by atoms with Gasteiger partial charge < -0.3 is 10.1 Å². The average Bonchev–Trinajstić information content (AvgIpc) is 3.15. The summed E-state index contributed by atoms with van der Waals surface area (Å²) in [5.41, 5.74) is 2.95. The van der Waals surface area contributed by atoms with Crippen LogP contribution in [0.1, 0.15) is 41.4 Å². The highest BCUT2D eigenvalue weighted by atomic mass is 16.5. The Balaban J connectivity index is 1.63. The zero-order valence-electron chi connectivity index (χ0n) is 15.1. The Morgan fingerprint density at radius 3 is 2.63 bits per heavy atom. The van der Waals surface area contributed by atoms with Crippen LogP contribution in [0.5, 0.6) is 0 Å². The molecule has 3 rings (SSSR count). The summed E-state index contributed by atoms with van der Waals surface area (Å²) in [5.74, 6) is -0.553. The van der Waals surface area contributed by atoms with Crippen molar-refractivity contribution in [1.29, 1.82) is 0 Å². The van der Waals surface area contributed by atoms with Gasteiger partial charge in [-0.2, -0.15) is 5.10 Å². The van der Waals surface area contributed by atoms with E-state index in [2.05, 4.69) is 15.4 Å². The molecule has 1 atom stereocenters. The molecule has 7 nitrogen and oxygen atoms in total. The molecule has 1 N–H and O–H groups in total. The largest absolute Gasteiger partial charge is 0.454 e. The zero-order chi connectivity index (χ0) is 19.2. The molecule has 0 saturated heterocycles. The standard InChI is InChI=1S/C20H20N4O3/c1-14(18-4-3-5-19(10-18)23-15(2)25)27-20(26)17-8-6-16(7-9-17)11-24-13-21-12-22-24/h3-10,12-14H,11H2,1-2H3,(H,23,25)/t14-/m0/s1. The van der Waals surface area contributed by atoms with Crippen LogP contribution >= 0.6 is 0 Å². The van der Waals surface area contributed by atoms with Gasteiger partial charge in [0.2, 0.25) is 5.91 Å². The van der Waals surface area contributed by atoms with Crippen LogP contribution in [0.25, 0.3) is 0 Å². The molecule has 0 saturated carbocycles. The monoisotopic (exact) mass is 364 g/mol. The molecule has 0 aliphatic heterocycles. The summed E-state index contributed by atoms with van der Waals surface area (Å²) >= 11 is 0. The van der Waals surface area contributed by atoms with E-state index in [9.17, 15) is 9.59 Å². The molecule has 2 aromatic carbocycles. The number of nitrogens with one attached hydrogen (secondary N) is 1. The van der Waals surface area contributed by atoms with Gasteiger partial charge in [0.15, 0.2) is 0 Å². The number of rotatable bonds is 6. The third kappa shape index (κ3) is 5.01. The topological polar surface area (TPSA) is 86.1 Å². The van der Waals surface area contributed by atoms with Crippen LogP contribution < -0.4 is 5.32 Å². The lowest BCUT2D eigenvalue weighted by Crippen LogP contribution is -2.11. The van der Waals surface area contributed by atoms with E-state index >= 15 is 0 Å². The highest BCUT2D eigenvalue weighted by Crippen LogP contribution is 2.22. The molecule has 1 heterocycles. The van der Waals surface area contributed by atoms with Crippen LogP contribution in [0, 0.1) is 0 Å². The number of anilines is 1. The van der Waals surface area contributed by atoms with E-state index in [1.54, 1.807) is 42.2 Å². The maximum atomic E-state index is 12.4. The van der Waals surface area contributed by atoms with Gasteiger partial charge in [-0.05, 0) is 42.3 Å². The molecule has 0 aliphatic carbocycles. The summed E-state index contributed by atoms with van der Waals surface area (Å²) in [4.78, 5) is 27.5. The number of carbonyl (C=O) groups is 2.